The molecule has 0 fully saturated rings. The number of anilines is 1. The zero-order valence-electron chi connectivity index (χ0n) is 22.1. The number of nitrogens with zero attached hydrogens (tertiary/aromatic N) is 4. The van der Waals surface area contributed by atoms with E-state index in [4.69, 9.17) is 19.2 Å². The second kappa shape index (κ2) is 9.85. The van der Waals surface area contributed by atoms with E-state index in [1.165, 1.54) is 0 Å². The maximum atomic E-state index is 6.15. The molecular weight excluding hydrogens is 478 g/mol. The Kier molecular flexibility index (Phi) is 6.23. The predicted molar refractivity (Wildman–Crippen MR) is 149 cm³/mol. The number of rotatable bonds is 6. The zero-order chi connectivity index (χ0) is 26.2. The minimum Gasteiger partial charge on any atom is -0.491 e. The van der Waals surface area contributed by atoms with Crippen molar-refractivity contribution >= 4 is 27.8 Å². The lowest BCUT2D eigenvalue weighted by Crippen LogP contribution is -2.26. The Morgan fingerprint density at radius 3 is 2.74 bits per heavy atom. The van der Waals surface area contributed by atoms with Crippen LogP contribution in [0.4, 0.5) is 5.82 Å². The molecule has 0 saturated heterocycles. The van der Waals surface area contributed by atoms with Crippen LogP contribution in [-0.4, -0.2) is 46.8 Å². The van der Waals surface area contributed by atoms with E-state index in [1.54, 1.807) is 13.4 Å². The highest BCUT2D eigenvalue weighted by Crippen LogP contribution is 2.39. The molecule has 1 aliphatic rings. The van der Waals surface area contributed by atoms with Crippen molar-refractivity contribution in [3.8, 4) is 28.4 Å². The summed E-state index contributed by atoms with van der Waals surface area (Å²) in [5.74, 6) is 4.39. The van der Waals surface area contributed by atoms with Crippen molar-refractivity contribution in [3.05, 3.63) is 66.2 Å². The third kappa shape index (κ3) is 4.47. The van der Waals surface area contributed by atoms with Crippen LogP contribution >= 0.6 is 0 Å². The van der Waals surface area contributed by atoms with Gasteiger partial charge in [0, 0.05) is 17.5 Å². The third-order valence-electron chi connectivity index (χ3n) is 6.75. The largest absolute Gasteiger partial charge is 0.491 e. The van der Waals surface area contributed by atoms with Gasteiger partial charge >= 0.3 is 0 Å². The Bertz CT molecular complexity index is 1630. The van der Waals surface area contributed by atoms with Gasteiger partial charge in [0.2, 0.25) is 0 Å². The lowest BCUT2D eigenvalue weighted by Gasteiger charge is -2.23. The molecule has 1 aliphatic heterocycles. The van der Waals surface area contributed by atoms with Gasteiger partial charge in [-0.1, -0.05) is 26.0 Å². The SMILES string of the molecule is COc1c(OCC(C)C)ccc2c(N3CCOc4ccc(-c5ccc6nc(C)[nH]c6c5)cc4C3)ncnc12. The van der Waals surface area contributed by atoms with Crippen molar-refractivity contribution in [2.24, 2.45) is 5.92 Å². The zero-order valence-corrected chi connectivity index (χ0v) is 22.1. The van der Waals surface area contributed by atoms with Crippen molar-refractivity contribution in [1.29, 1.82) is 0 Å². The number of hydrogen-bond acceptors (Lipinski definition) is 7. The molecule has 6 rings (SSSR count). The van der Waals surface area contributed by atoms with Gasteiger partial charge in [-0.05, 0) is 60.4 Å². The van der Waals surface area contributed by atoms with E-state index in [0.717, 1.165) is 56.0 Å². The van der Waals surface area contributed by atoms with Gasteiger partial charge < -0.3 is 24.1 Å². The first-order valence-electron chi connectivity index (χ1n) is 12.9. The summed E-state index contributed by atoms with van der Waals surface area (Å²) in [4.78, 5) is 19.4. The minimum atomic E-state index is 0.406. The van der Waals surface area contributed by atoms with Gasteiger partial charge in [-0.25, -0.2) is 15.0 Å². The lowest BCUT2D eigenvalue weighted by atomic mass is 10.0. The fourth-order valence-corrected chi connectivity index (χ4v) is 4.96. The van der Waals surface area contributed by atoms with E-state index in [1.807, 2.05) is 19.1 Å². The van der Waals surface area contributed by atoms with E-state index in [9.17, 15) is 0 Å². The van der Waals surface area contributed by atoms with Gasteiger partial charge in [0.05, 0.1) is 31.3 Å². The topological polar surface area (TPSA) is 85.4 Å². The summed E-state index contributed by atoms with van der Waals surface area (Å²) in [5.41, 5.74) is 6.11. The number of ether oxygens (including phenoxy) is 3. The van der Waals surface area contributed by atoms with Gasteiger partial charge in [-0.15, -0.1) is 0 Å². The smallest absolute Gasteiger partial charge is 0.187 e. The van der Waals surface area contributed by atoms with Crippen LogP contribution in [-0.2, 0) is 6.54 Å². The summed E-state index contributed by atoms with van der Waals surface area (Å²) in [6.45, 7) is 8.74. The highest BCUT2D eigenvalue weighted by molar-refractivity contribution is 5.95. The number of fused-ring (bicyclic) bond motifs is 3. The van der Waals surface area contributed by atoms with Crippen molar-refractivity contribution in [2.45, 2.75) is 27.3 Å². The number of aromatic nitrogens is 4. The van der Waals surface area contributed by atoms with Crippen molar-refractivity contribution in [2.75, 3.05) is 31.8 Å². The number of nitrogens with one attached hydrogen (secondary N) is 1. The standard InChI is InChI=1S/C30H31N5O3/c1-18(2)16-38-27-10-7-23-28(29(27)36-4)31-17-32-30(23)35-11-12-37-26-9-6-20(13-22(26)15-35)21-5-8-24-25(14-21)34-19(3)33-24/h5-10,13-14,17-18H,11-12,15-16H2,1-4H3,(H,33,34). The molecule has 8 heteroatoms. The first-order valence-corrected chi connectivity index (χ1v) is 12.9. The molecular formula is C30H31N5O3. The van der Waals surface area contributed by atoms with Crippen LogP contribution < -0.4 is 19.1 Å². The molecule has 0 saturated carbocycles. The van der Waals surface area contributed by atoms with Crippen LogP contribution in [0.2, 0.25) is 0 Å². The Hall–Kier alpha value is -4.33. The molecule has 0 bridgehead atoms. The van der Waals surface area contributed by atoms with Gasteiger partial charge in [-0.3, -0.25) is 0 Å². The van der Waals surface area contributed by atoms with Crippen LogP contribution in [0.15, 0.2) is 54.9 Å². The van der Waals surface area contributed by atoms with Crippen LogP contribution in [0.25, 0.3) is 33.1 Å². The second-order valence-electron chi connectivity index (χ2n) is 10.0. The Morgan fingerprint density at radius 2 is 1.89 bits per heavy atom. The molecule has 0 spiro atoms. The predicted octanol–water partition coefficient (Wildman–Crippen LogP) is 5.92. The van der Waals surface area contributed by atoms with Crippen LogP contribution in [0.3, 0.4) is 0 Å². The number of H-pyrrole nitrogens is 1. The van der Waals surface area contributed by atoms with Gasteiger partial charge in [0.25, 0.3) is 0 Å². The molecule has 3 aromatic carbocycles. The molecule has 0 atom stereocenters. The summed E-state index contributed by atoms with van der Waals surface area (Å²) in [5, 5.41) is 0.918. The average Bonchev–Trinajstić information content (AvgIpc) is 3.16. The van der Waals surface area contributed by atoms with Crippen LogP contribution in [0.1, 0.15) is 25.2 Å². The number of hydrogen-bond donors (Lipinski definition) is 1. The fourth-order valence-electron chi connectivity index (χ4n) is 4.96. The molecule has 0 radical (unpaired) electrons. The maximum Gasteiger partial charge on any atom is 0.187 e. The normalized spacial score (nSPS) is 13.4. The molecule has 3 heterocycles. The third-order valence-corrected chi connectivity index (χ3v) is 6.75. The number of aromatic amines is 1. The fraction of sp³-hybridized carbons (Fsp3) is 0.300. The monoisotopic (exact) mass is 509 g/mol. The van der Waals surface area contributed by atoms with Gasteiger partial charge in [0.1, 0.15) is 35.8 Å². The minimum absolute atomic E-state index is 0.406. The number of methoxy groups -OCH3 is 1. The molecule has 0 amide bonds. The quantitative estimate of drug-likeness (QED) is 0.304. The first kappa shape index (κ1) is 24.0. The van der Waals surface area contributed by atoms with E-state index in [0.29, 0.717) is 43.7 Å². The molecule has 8 nitrogen and oxygen atoms in total. The van der Waals surface area contributed by atoms with Gasteiger partial charge in [0.15, 0.2) is 11.5 Å². The Labute approximate surface area is 221 Å². The lowest BCUT2D eigenvalue weighted by molar-refractivity contribution is 0.258. The van der Waals surface area contributed by atoms with E-state index in [2.05, 4.69) is 70.1 Å². The Morgan fingerprint density at radius 1 is 1.05 bits per heavy atom. The molecule has 0 aliphatic carbocycles. The number of benzene rings is 3. The summed E-state index contributed by atoms with van der Waals surface area (Å²) in [6.07, 6.45) is 1.59. The van der Waals surface area contributed by atoms with Crippen LogP contribution in [0.5, 0.6) is 17.2 Å². The molecule has 5 aromatic rings. The summed E-state index contributed by atoms with van der Waals surface area (Å²) < 4.78 is 17.9. The van der Waals surface area contributed by atoms with E-state index in [-0.39, 0.29) is 0 Å². The van der Waals surface area contributed by atoms with Crippen molar-refractivity contribution in [3.63, 3.8) is 0 Å². The Balaban J connectivity index is 1.35. The maximum absolute atomic E-state index is 6.15. The first-order chi connectivity index (χ1) is 18.5. The highest BCUT2D eigenvalue weighted by atomic mass is 16.5. The van der Waals surface area contributed by atoms with Gasteiger partial charge in [-0.2, -0.15) is 0 Å². The average molecular weight is 510 g/mol. The number of imidazole rings is 1. The molecule has 0 unspecified atom stereocenters. The van der Waals surface area contributed by atoms with Crippen molar-refractivity contribution in [1.82, 2.24) is 19.9 Å². The van der Waals surface area contributed by atoms with Crippen molar-refractivity contribution < 1.29 is 14.2 Å². The van der Waals surface area contributed by atoms with E-state index < -0.39 is 0 Å². The second-order valence-corrected chi connectivity index (χ2v) is 10.0. The summed E-state index contributed by atoms with van der Waals surface area (Å²) in [6, 6.07) is 16.7. The molecule has 1 N–H and O–H groups in total. The summed E-state index contributed by atoms with van der Waals surface area (Å²) in [7, 11) is 1.65. The highest BCUT2D eigenvalue weighted by Gasteiger charge is 2.22. The number of aryl methyl sites for hydroxylation is 1. The molecule has 194 valence electrons. The van der Waals surface area contributed by atoms with E-state index >= 15 is 0 Å². The van der Waals surface area contributed by atoms with Crippen LogP contribution in [0, 0.1) is 12.8 Å². The molecule has 2 aromatic heterocycles. The summed E-state index contributed by atoms with van der Waals surface area (Å²) >= 11 is 0. The molecule has 38 heavy (non-hydrogen) atoms.